The van der Waals surface area contributed by atoms with Crippen LogP contribution in [0.4, 0.5) is 0 Å². The van der Waals surface area contributed by atoms with E-state index in [0.717, 1.165) is 15.6 Å². The molecule has 1 amide bonds. The van der Waals surface area contributed by atoms with Crippen LogP contribution in [0, 0.1) is 0 Å². The van der Waals surface area contributed by atoms with Gasteiger partial charge in [-0.1, -0.05) is 57.9 Å². The molecule has 4 nitrogen and oxygen atoms in total. The molecule has 0 saturated carbocycles. The second kappa shape index (κ2) is 9.35. The van der Waals surface area contributed by atoms with Crippen LogP contribution >= 0.6 is 27.5 Å². The number of amides is 1. The summed E-state index contributed by atoms with van der Waals surface area (Å²) >= 11 is 9.22. The first-order valence-electron chi connectivity index (χ1n) is 8.16. The van der Waals surface area contributed by atoms with Gasteiger partial charge < -0.3 is 4.74 Å². The average Bonchev–Trinajstić information content (AvgIpc) is 2.68. The fraction of sp³-hybridized carbons (Fsp3) is 0.0476. The van der Waals surface area contributed by atoms with Gasteiger partial charge in [0.15, 0.2) is 0 Å². The van der Waals surface area contributed by atoms with Crippen LogP contribution in [0.5, 0.6) is 5.75 Å². The minimum absolute atomic E-state index is 0.275. The van der Waals surface area contributed by atoms with Crippen molar-refractivity contribution in [2.24, 2.45) is 5.10 Å². The summed E-state index contributed by atoms with van der Waals surface area (Å²) < 4.78 is 6.62. The van der Waals surface area contributed by atoms with E-state index in [-0.39, 0.29) is 5.91 Å². The molecule has 0 aliphatic rings. The van der Waals surface area contributed by atoms with E-state index in [2.05, 4.69) is 26.5 Å². The SMILES string of the molecule is O=C(NN=Cc1cccc(OCc2ccc(Cl)cc2)c1)c1cccc(Br)c1. The summed E-state index contributed by atoms with van der Waals surface area (Å²) in [7, 11) is 0. The van der Waals surface area contributed by atoms with Crippen LogP contribution in [0.15, 0.2) is 82.4 Å². The Hall–Kier alpha value is -2.63. The van der Waals surface area contributed by atoms with Crippen molar-refractivity contribution in [1.82, 2.24) is 5.43 Å². The van der Waals surface area contributed by atoms with Crippen molar-refractivity contribution in [3.63, 3.8) is 0 Å². The molecule has 3 aromatic carbocycles. The van der Waals surface area contributed by atoms with Gasteiger partial charge in [0.25, 0.3) is 5.91 Å². The summed E-state index contributed by atoms with van der Waals surface area (Å²) in [6, 6.07) is 22.1. The molecule has 0 heterocycles. The normalized spacial score (nSPS) is 10.7. The van der Waals surface area contributed by atoms with Gasteiger partial charge >= 0.3 is 0 Å². The number of halogens is 2. The molecule has 0 fully saturated rings. The van der Waals surface area contributed by atoms with Gasteiger partial charge in [0.2, 0.25) is 0 Å². The minimum Gasteiger partial charge on any atom is -0.489 e. The van der Waals surface area contributed by atoms with Crippen molar-refractivity contribution in [1.29, 1.82) is 0 Å². The van der Waals surface area contributed by atoms with Gasteiger partial charge in [-0.15, -0.1) is 0 Å². The number of hydrogen-bond donors (Lipinski definition) is 1. The highest BCUT2D eigenvalue weighted by molar-refractivity contribution is 9.10. The summed E-state index contributed by atoms with van der Waals surface area (Å²) in [4.78, 5) is 12.1. The number of carbonyl (C=O) groups excluding carboxylic acids is 1. The molecule has 0 aliphatic heterocycles. The molecule has 6 heteroatoms. The second-order valence-electron chi connectivity index (χ2n) is 5.70. The van der Waals surface area contributed by atoms with Crippen LogP contribution in [-0.2, 0) is 6.61 Å². The molecule has 0 saturated heterocycles. The molecule has 3 aromatic rings. The highest BCUT2D eigenvalue weighted by Gasteiger charge is 2.04. The maximum Gasteiger partial charge on any atom is 0.271 e. The first-order valence-corrected chi connectivity index (χ1v) is 9.33. The Kier molecular flexibility index (Phi) is 6.63. The summed E-state index contributed by atoms with van der Waals surface area (Å²) in [5, 5.41) is 4.70. The average molecular weight is 444 g/mol. The Labute approximate surface area is 171 Å². The first-order chi connectivity index (χ1) is 13.1. The van der Waals surface area contributed by atoms with Crippen molar-refractivity contribution >= 4 is 39.7 Å². The molecular formula is C21H16BrClN2O2. The van der Waals surface area contributed by atoms with Crippen LogP contribution < -0.4 is 10.2 Å². The molecule has 0 spiro atoms. The number of hydrazone groups is 1. The van der Waals surface area contributed by atoms with E-state index in [9.17, 15) is 4.79 Å². The van der Waals surface area contributed by atoms with E-state index in [1.807, 2.05) is 54.6 Å². The number of nitrogens with zero attached hydrogens (tertiary/aromatic N) is 1. The monoisotopic (exact) mass is 442 g/mol. The van der Waals surface area contributed by atoms with Crippen LogP contribution in [-0.4, -0.2) is 12.1 Å². The number of rotatable bonds is 6. The third-order valence-electron chi connectivity index (χ3n) is 3.64. The van der Waals surface area contributed by atoms with E-state index in [4.69, 9.17) is 16.3 Å². The van der Waals surface area contributed by atoms with Gasteiger partial charge in [-0.2, -0.15) is 5.10 Å². The van der Waals surface area contributed by atoms with E-state index in [0.29, 0.717) is 22.9 Å². The lowest BCUT2D eigenvalue weighted by molar-refractivity contribution is 0.0955. The smallest absolute Gasteiger partial charge is 0.271 e. The molecule has 0 radical (unpaired) electrons. The third-order valence-corrected chi connectivity index (χ3v) is 4.39. The number of benzene rings is 3. The predicted molar refractivity (Wildman–Crippen MR) is 111 cm³/mol. The van der Waals surface area contributed by atoms with Crippen molar-refractivity contribution in [3.05, 3.63) is 99.0 Å². The Morgan fingerprint density at radius 3 is 2.63 bits per heavy atom. The lowest BCUT2D eigenvalue weighted by Gasteiger charge is -2.07. The molecule has 136 valence electrons. The summed E-state index contributed by atoms with van der Waals surface area (Å²) in [6.45, 7) is 0.442. The van der Waals surface area contributed by atoms with E-state index in [1.165, 1.54) is 0 Å². The van der Waals surface area contributed by atoms with Crippen molar-refractivity contribution < 1.29 is 9.53 Å². The zero-order chi connectivity index (χ0) is 19.1. The zero-order valence-electron chi connectivity index (χ0n) is 14.2. The van der Waals surface area contributed by atoms with Gasteiger partial charge in [-0.05, 0) is 53.6 Å². The number of ether oxygens (including phenoxy) is 1. The number of nitrogens with one attached hydrogen (secondary N) is 1. The van der Waals surface area contributed by atoms with Gasteiger partial charge in [-0.3, -0.25) is 4.79 Å². The van der Waals surface area contributed by atoms with Gasteiger partial charge in [0.1, 0.15) is 12.4 Å². The molecule has 3 rings (SSSR count). The third kappa shape index (κ3) is 5.94. The standard InChI is InChI=1S/C21H16BrClN2O2/c22-18-5-2-4-17(12-18)21(26)25-24-13-16-3-1-6-20(11-16)27-14-15-7-9-19(23)10-8-15/h1-13H,14H2,(H,25,26). The molecule has 0 aliphatic carbocycles. The van der Waals surface area contributed by atoms with Crippen molar-refractivity contribution in [2.45, 2.75) is 6.61 Å². The molecule has 1 N–H and O–H groups in total. The van der Waals surface area contributed by atoms with E-state index >= 15 is 0 Å². The molecule has 0 bridgehead atoms. The van der Waals surface area contributed by atoms with Crippen LogP contribution in [0.1, 0.15) is 21.5 Å². The minimum atomic E-state index is -0.275. The Bertz CT molecular complexity index is 958. The summed E-state index contributed by atoms with van der Waals surface area (Å²) in [6.07, 6.45) is 1.57. The Balaban J connectivity index is 1.57. The summed E-state index contributed by atoms with van der Waals surface area (Å²) in [5.41, 5.74) is 4.89. The highest BCUT2D eigenvalue weighted by Crippen LogP contribution is 2.16. The summed E-state index contributed by atoms with van der Waals surface area (Å²) in [5.74, 6) is 0.440. The van der Waals surface area contributed by atoms with Gasteiger partial charge in [-0.25, -0.2) is 5.43 Å². The number of hydrogen-bond acceptors (Lipinski definition) is 3. The molecule has 27 heavy (non-hydrogen) atoms. The molecule has 0 aromatic heterocycles. The van der Waals surface area contributed by atoms with Gasteiger partial charge in [0, 0.05) is 15.1 Å². The highest BCUT2D eigenvalue weighted by atomic mass is 79.9. The topological polar surface area (TPSA) is 50.7 Å². The predicted octanol–water partition coefficient (Wildman–Crippen LogP) is 5.45. The molecular weight excluding hydrogens is 428 g/mol. The molecule has 0 atom stereocenters. The van der Waals surface area contributed by atoms with Crippen LogP contribution in [0.3, 0.4) is 0 Å². The second-order valence-corrected chi connectivity index (χ2v) is 7.05. The van der Waals surface area contributed by atoms with E-state index in [1.54, 1.807) is 24.4 Å². The fourth-order valence-electron chi connectivity index (χ4n) is 2.29. The van der Waals surface area contributed by atoms with Gasteiger partial charge in [0.05, 0.1) is 6.21 Å². The van der Waals surface area contributed by atoms with Crippen molar-refractivity contribution in [2.75, 3.05) is 0 Å². The van der Waals surface area contributed by atoms with Crippen molar-refractivity contribution in [3.8, 4) is 5.75 Å². The fourth-order valence-corrected chi connectivity index (χ4v) is 2.82. The lowest BCUT2D eigenvalue weighted by atomic mass is 10.2. The Morgan fingerprint density at radius 2 is 1.85 bits per heavy atom. The molecule has 0 unspecified atom stereocenters. The van der Waals surface area contributed by atoms with Crippen LogP contribution in [0.25, 0.3) is 0 Å². The lowest BCUT2D eigenvalue weighted by Crippen LogP contribution is -2.17. The van der Waals surface area contributed by atoms with E-state index < -0.39 is 0 Å². The van der Waals surface area contributed by atoms with Crippen LogP contribution in [0.2, 0.25) is 5.02 Å². The maximum absolute atomic E-state index is 12.1. The largest absolute Gasteiger partial charge is 0.489 e. The maximum atomic E-state index is 12.1. The zero-order valence-corrected chi connectivity index (χ0v) is 16.6. The Morgan fingerprint density at radius 1 is 1.07 bits per heavy atom. The number of carbonyl (C=O) groups is 1. The first kappa shape index (κ1) is 19.1. The quantitative estimate of drug-likeness (QED) is 0.407.